The van der Waals surface area contributed by atoms with Gasteiger partial charge in [0, 0.05) is 23.1 Å². The van der Waals surface area contributed by atoms with Crippen LogP contribution in [0.4, 0.5) is 11.6 Å². The Balaban J connectivity index is 0.00000225. The minimum Gasteiger partial charge on any atom is -0.353 e. The van der Waals surface area contributed by atoms with Gasteiger partial charge in [-0.2, -0.15) is 0 Å². The molecule has 3 N–H and O–H groups in total. The number of benzene rings is 1. The summed E-state index contributed by atoms with van der Waals surface area (Å²) in [7, 11) is 0. The summed E-state index contributed by atoms with van der Waals surface area (Å²) in [5, 5.41) is 15.0. The van der Waals surface area contributed by atoms with Gasteiger partial charge in [0.15, 0.2) is 5.52 Å². The molecule has 2 aromatic rings. The standard InChI is InChI=1S/C15H19Br2N5O2.ClH/c1-2-21-11-7-10(16)12(17)14(22(23)24)13(11)20-15(21)19-9-5-3-8(18)4-6-9;/h7-9H,2-6,18H2,1H3,(H,19,20);1H/t8-,9+;. The van der Waals surface area contributed by atoms with E-state index in [-0.39, 0.29) is 24.1 Å². The molecule has 0 aliphatic heterocycles. The molecule has 0 radical (unpaired) electrons. The van der Waals surface area contributed by atoms with E-state index in [1.807, 2.05) is 17.6 Å². The summed E-state index contributed by atoms with van der Waals surface area (Å²) in [5.41, 5.74) is 7.09. The van der Waals surface area contributed by atoms with Gasteiger partial charge >= 0.3 is 5.69 Å². The van der Waals surface area contributed by atoms with E-state index in [9.17, 15) is 10.1 Å². The van der Waals surface area contributed by atoms with Crippen LogP contribution in [0.5, 0.6) is 0 Å². The number of anilines is 1. The number of imidazole rings is 1. The van der Waals surface area contributed by atoms with Crippen LogP contribution in [0.1, 0.15) is 32.6 Å². The number of halogens is 3. The van der Waals surface area contributed by atoms with Crippen LogP contribution < -0.4 is 11.1 Å². The highest BCUT2D eigenvalue weighted by molar-refractivity contribution is 9.13. The Bertz CT molecular complexity index is 790. The molecule has 1 aliphatic rings. The summed E-state index contributed by atoms with van der Waals surface area (Å²) in [6.07, 6.45) is 3.95. The summed E-state index contributed by atoms with van der Waals surface area (Å²) in [6, 6.07) is 2.45. The molecule has 0 bridgehead atoms. The summed E-state index contributed by atoms with van der Waals surface area (Å²) < 4.78 is 3.04. The highest BCUT2D eigenvalue weighted by Crippen LogP contribution is 2.40. The third kappa shape index (κ3) is 3.94. The Labute approximate surface area is 168 Å². The van der Waals surface area contributed by atoms with Crippen LogP contribution in [-0.4, -0.2) is 26.6 Å². The molecule has 0 saturated heterocycles. The highest BCUT2D eigenvalue weighted by atomic mass is 79.9. The van der Waals surface area contributed by atoms with Crippen LogP contribution >= 0.6 is 44.3 Å². The molecule has 7 nitrogen and oxygen atoms in total. The maximum Gasteiger partial charge on any atom is 0.312 e. The van der Waals surface area contributed by atoms with Crippen molar-refractivity contribution in [1.29, 1.82) is 0 Å². The maximum absolute atomic E-state index is 11.5. The second-order valence-corrected chi connectivity index (χ2v) is 7.73. The molecule has 1 heterocycles. The molecule has 0 spiro atoms. The van der Waals surface area contributed by atoms with Gasteiger partial charge in [0.1, 0.15) is 4.47 Å². The minimum atomic E-state index is -0.395. The third-order valence-corrected chi connectivity index (χ3v) is 6.48. The molecule has 1 aliphatic carbocycles. The first-order valence-electron chi connectivity index (χ1n) is 7.97. The normalized spacial score (nSPS) is 20.3. The van der Waals surface area contributed by atoms with Crippen molar-refractivity contribution in [2.24, 2.45) is 5.73 Å². The zero-order valence-electron chi connectivity index (χ0n) is 13.7. The largest absolute Gasteiger partial charge is 0.353 e. The first-order valence-corrected chi connectivity index (χ1v) is 9.55. The van der Waals surface area contributed by atoms with Crippen LogP contribution in [0.15, 0.2) is 15.0 Å². The van der Waals surface area contributed by atoms with Gasteiger partial charge in [0.05, 0.1) is 10.4 Å². The summed E-state index contributed by atoms with van der Waals surface area (Å²) >= 11 is 6.68. The lowest BCUT2D eigenvalue weighted by atomic mass is 9.92. The van der Waals surface area contributed by atoms with E-state index in [4.69, 9.17) is 5.73 Å². The van der Waals surface area contributed by atoms with E-state index < -0.39 is 4.92 Å². The predicted molar refractivity (Wildman–Crippen MR) is 109 cm³/mol. The van der Waals surface area contributed by atoms with Gasteiger partial charge in [-0.1, -0.05) is 0 Å². The van der Waals surface area contributed by atoms with Crippen LogP contribution in [0.25, 0.3) is 11.0 Å². The lowest BCUT2D eigenvalue weighted by Crippen LogP contribution is -2.33. The number of hydrogen-bond acceptors (Lipinski definition) is 5. The summed E-state index contributed by atoms with van der Waals surface area (Å²) in [6.45, 7) is 2.68. The molecule has 1 aromatic heterocycles. The first kappa shape index (κ1) is 20.4. The number of aromatic nitrogens is 2. The minimum absolute atomic E-state index is 0. The van der Waals surface area contributed by atoms with E-state index in [2.05, 4.69) is 42.2 Å². The smallest absolute Gasteiger partial charge is 0.312 e. The zero-order valence-corrected chi connectivity index (χ0v) is 17.7. The number of rotatable bonds is 4. The number of fused-ring (bicyclic) bond motifs is 1. The van der Waals surface area contributed by atoms with E-state index in [0.29, 0.717) is 33.0 Å². The van der Waals surface area contributed by atoms with Crippen LogP contribution in [0, 0.1) is 10.1 Å². The lowest BCUT2D eigenvalue weighted by molar-refractivity contribution is -0.384. The molecule has 0 unspecified atom stereocenters. The van der Waals surface area contributed by atoms with Gasteiger partial charge in [0.25, 0.3) is 0 Å². The molecule has 0 amide bonds. The Morgan fingerprint density at radius 3 is 2.60 bits per heavy atom. The first-order chi connectivity index (χ1) is 11.4. The second-order valence-electron chi connectivity index (χ2n) is 6.08. The maximum atomic E-state index is 11.5. The number of nitrogens with two attached hydrogens (primary N) is 1. The van der Waals surface area contributed by atoms with E-state index in [0.717, 1.165) is 31.2 Å². The number of hydrogen-bond donors (Lipinski definition) is 2. The monoisotopic (exact) mass is 495 g/mol. The van der Waals surface area contributed by atoms with Crippen LogP contribution in [0.3, 0.4) is 0 Å². The number of aryl methyl sites for hydroxylation is 1. The van der Waals surface area contributed by atoms with Gasteiger partial charge in [-0.05, 0) is 70.5 Å². The zero-order chi connectivity index (χ0) is 17.4. The molecule has 10 heteroatoms. The molecular formula is C15H20Br2ClN5O2. The average Bonchev–Trinajstić information content (AvgIpc) is 2.86. The topological polar surface area (TPSA) is 99.0 Å². The van der Waals surface area contributed by atoms with Crippen LogP contribution in [0.2, 0.25) is 0 Å². The van der Waals surface area contributed by atoms with Gasteiger partial charge in [0.2, 0.25) is 5.95 Å². The SMILES string of the molecule is CCn1c(N[C@H]2CC[C@@H](N)CC2)nc2c([N+](=O)[O-])c(Br)c(Br)cc21.Cl. The van der Waals surface area contributed by atoms with E-state index >= 15 is 0 Å². The Morgan fingerprint density at radius 2 is 2.04 bits per heavy atom. The molecule has 0 atom stereocenters. The summed E-state index contributed by atoms with van der Waals surface area (Å²) in [4.78, 5) is 15.6. The van der Waals surface area contributed by atoms with Crippen molar-refractivity contribution >= 4 is 66.9 Å². The van der Waals surface area contributed by atoms with Crippen molar-refractivity contribution in [3.8, 4) is 0 Å². The van der Waals surface area contributed by atoms with Gasteiger partial charge in [-0.25, -0.2) is 4.98 Å². The fraction of sp³-hybridized carbons (Fsp3) is 0.533. The Hall–Kier alpha value is -0.900. The number of nitro groups is 1. The number of nitro benzene ring substituents is 1. The van der Waals surface area contributed by atoms with Gasteiger partial charge < -0.3 is 15.6 Å². The highest BCUT2D eigenvalue weighted by Gasteiger charge is 2.27. The molecule has 3 rings (SSSR count). The van der Waals surface area contributed by atoms with Crippen molar-refractivity contribution in [3.63, 3.8) is 0 Å². The third-order valence-electron chi connectivity index (χ3n) is 4.52. The van der Waals surface area contributed by atoms with Crippen molar-refractivity contribution in [2.45, 2.75) is 51.2 Å². The van der Waals surface area contributed by atoms with Crippen LogP contribution in [-0.2, 0) is 6.54 Å². The fourth-order valence-electron chi connectivity index (χ4n) is 3.23. The Morgan fingerprint density at radius 1 is 1.40 bits per heavy atom. The second kappa shape index (κ2) is 8.20. The van der Waals surface area contributed by atoms with Gasteiger partial charge in [-0.3, -0.25) is 10.1 Å². The molecule has 1 fully saturated rings. The fourth-order valence-corrected chi connectivity index (χ4v) is 4.08. The molecule has 25 heavy (non-hydrogen) atoms. The lowest BCUT2D eigenvalue weighted by Gasteiger charge is -2.27. The van der Waals surface area contributed by atoms with E-state index in [1.54, 1.807) is 0 Å². The van der Waals surface area contributed by atoms with Crippen molar-refractivity contribution in [3.05, 3.63) is 25.1 Å². The Kier molecular flexibility index (Phi) is 6.69. The molecule has 1 aromatic carbocycles. The van der Waals surface area contributed by atoms with Gasteiger partial charge in [-0.15, -0.1) is 12.4 Å². The van der Waals surface area contributed by atoms with Crippen molar-refractivity contribution in [1.82, 2.24) is 9.55 Å². The number of nitrogens with one attached hydrogen (secondary N) is 1. The molecule has 138 valence electrons. The van der Waals surface area contributed by atoms with Crippen molar-refractivity contribution in [2.75, 3.05) is 5.32 Å². The quantitative estimate of drug-likeness (QED) is 0.475. The number of nitrogens with zero attached hydrogens (tertiary/aromatic N) is 3. The van der Waals surface area contributed by atoms with Crippen molar-refractivity contribution < 1.29 is 4.92 Å². The van der Waals surface area contributed by atoms with E-state index in [1.165, 1.54) is 0 Å². The average molecular weight is 498 g/mol. The predicted octanol–water partition coefficient (Wildman–Crippen LogP) is 4.59. The molecular weight excluding hydrogens is 477 g/mol. The molecule has 1 saturated carbocycles. The summed E-state index contributed by atoms with van der Waals surface area (Å²) in [5.74, 6) is 0.682.